The lowest BCUT2D eigenvalue weighted by atomic mass is 10.0. The Morgan fingerprint density at radius 2 is 1.38 bits per heavy atom. The van der Waals surface area contributed by atoms with Crippen LogP contribution in [0.3, 0.4) is 0 Å². The van der Waals surface area contributed by atoms with Crippen LogP contribution in [0.4, 0.5) is 4.79 Å². The van der Waals surface area contributed by atoms with Crippen LogP contribution in [0.5, 0.6) is 0 Å². The van der Waals surface area contributed by atoms with E-state index in [1.807, 2.05) is 76.2 Å². The number of carbonyl (C=O) groups excluding carboxylic acids is 1. The molecule has 0 aromatic heterocycles. The first-order valence-corrected chi connectivity index (χ1v) is 8.57. The number of hydrogen-bond acceptors (Lipinski definition) is 2. The molecule has 128 valence electrons. The molecule has 2 aromatic carbocycles. The van der Waals surface area contributed by atoms with E-state index in [0.717, 1.165) is 11.1 Å². The minimum absolute atomic E-state index is 0.102. The van der Waals surface area contributed by atoms with Gasteiger partial charge in [-0.1, -0.05) is 60.7 Å². The fourth-order valence-corrected chi connectivity index (χ4v) is 2.92. The van der Waals surface area contributed by atoms with Gasteiger partial charge < -0.3 is 9.64 Å². The maximum atomic E-state index is 12.7. The van der Waals surface area contributed by atoms with Gasteiger partial charge >= 0.3 is 6.09 Å². The summed E-state index contributed by atoms with van der Waals surface area (Å²) in [6.07, 6.45) is 0.117. The molecule has 0 aliphatic carbocycles. The van der Waals surface area contributed by atoms with Gasteiger partial charge in [0.1, 0.15) is 6.10 Å². The van der Waals surface area contributed by atoms with E-state index in [4.69, 9.17) is 4.74 Å². The van der Waals surface area contributed by atoms with Crippen LogP contribution in [-0.4, -0.2) is 23.1 Å². The van der Waals surface area contributed by atoms with E-state index in [-0.39, 0.29) is 24.3 Å². The smallest absolute Gasteiger partial charge is 0.410 e. The zero-order valence-electron chi connectivity index (χ0n) is 15.0. The van der Waals surface area contributed by atoms with Crippen molar-refractivity contribution in [2.24, 2.45) is 0 Å². The minimum Gasteiger partial charge on any atom is -0.441 e. The molecule has 1 amide bonds. The highest BCUT2D eigenvalue weighted by Crippen LogP contribution is 2.24. The minimum atomic E-state index is -0.291. The van der Waals surface area contributed by atoms with Gasteiger partial charge in [0, 0.05) is 18.5 Å². The molecular weight excluding hydrogens is 298 g/mol. The summed E-state index contributed by atoms with van der Waals surface area (Å²) in [4.78, 5) is 14.5. The van der Waals surface area contributed by atoms with Gasteiger partial charge in [0.2, 0.25) is 0 Å². The van der Waals surface area contributed by atoms with Crippen molar-refractivity contribution in [2.75, 3.05) is 0 Å². The molecule has 0 radical (unpaired) electrons. The van der Waals surface area contributed by atoms with E-state index in [1.54, 1.807) is 4.90 Å². The molecular formula is C21H27NO2. The summed E-state index contributed by atoms with van der Waals surface area (Å²) in [7, 11) is 0. The van der Waals surface area contributed by atoms with Gasteiger partial charge in [-0.15, -0.1) is 0 Å². The van der Waals surface area contributed by atoms with Crippen molar-refractivity contribution in [3.05, 3.63) is 71.8 Å². The predicted octanol–water partition coefficient (Wildman–Crippen LogP) is 5.23. The Labute approximate surface area is 145 Å². The quantitative estimate of drug-likeness (QED) is 0.728. The van der Waals surface area contributed by atoms with E-state index in [2.05, 4.69) is 12.1 Å². The van der Waals surface area contributed by atoms with Crippen molar-refractivity contribution in [3.8, 4) is 0 Å². The van der Waals surface area contributed by atoms with Crippen LogP contribution in [-0.2, 0) is 11.2 Å². The first-order valence-electron chi connectivity index (χ1n) is 8.57. The van der Waals surface area contributed by atoms with Crippen LogP contribution in [0.2, 0.25) is 0 Å². The summed E-state index contributed by atoms with van der Waals surface area (Å²) in [5.41, 5.74) is 2.17. The van der Waals surface area contributed by atoms with E-state index in [9.17, 15) is 4.79 Å². The third-order valence-electron chi connectivity index (χ3n) is 4.00. The molecule has 0 heterocycles. The first-order chi connectivity index (χ1) is 11.5. The lowest BCUT2D eigenvalue weighted by Crippen LogP contribution is -2.43. The van der Waals surface area contributed by atoms with Crippen molar-refractivity contribution in [1.82, 2.24) is 4.90 Å². The van der Waals surface area contributed by atoms with Gasteiger partial charge in [-0.05, 0) is 38.8 Å². The number of amides is 1. The van der Waals surface area contributed by atoms with Gasteiger partial charge in [-0.3, -0.25) is 0 Å². The number of carbonyl (C=O) groups is 1. The maximum Gasteiger partial charge on any atom is 0.410 e. The third kappa shape index (κ3) is 4.85. The molecule has 24 heavy (non-hydrogen) atoms. The van der Waals surface area contributed by atoms with Crippen molar-refractivity contribution in [3.63, 3.8) is 0 Å². The van der Waals surface area contributed by atoms with E-state index < -0.39 is 0 Å². The van der Waals surface area contributed by atoms with E-state index in [1.165, 1.54) is 0 Å². The largest absolute Gasteiger partial charge is 0.441 e. The number of nitrogens with zero attached hydrogens (tertiary/aromatic N) is 1. The maximum absolute atomic E-state index is 12.7. The summed E-state index contributed by atoms with van der Waals surface area (Å²) in [6.45, 7) is 8.04. The molecule has 2 aromatic rings. The predicted molar refractivity (Wildman–Crippen MR) is 97.9 cm³/mol. The topological polar surface area (TPSA) is 29.5 Å². The van der Waals surface area contributed by atoms with Crippen molar-refractivity contribution >= 4 is 6.09 Å². The Balaban J connectivity index is 2.21. The Hall–Kier alpha value is -2.29. The molecule has 2 rings (SSSR count). The van der Waals surface area contributed by atoms with Gasteiger partial charge in [0.25, 0.3) is 0 Å². The first kappa shape index (κ1) is 18.1. The summed E-state index contributed by atoms with van der Waals surface area (Å²) >= 11 is 0. The molecule has 3 heteroatoms. The Morgan fingerprint density at radius 1 is 0.875 bits per heavy atom. The fourth-order valence-electron chi connectivity index (χ4n) is 2.92. The second-order valence-electron chi connectivity index (χ2n) is 6.57. The van der Waals surface area contributed by atoms with Gasteiger partial charge in [-0.2, -0.15) is 0 Å². The monoisotopic (exact) mass is 325 g/mol. The standard InChI is InChI=1S/C21H27NO2/c1-16(2)22(17(3)4)21(23)24-20(19-13-9-6-10-14-19)15-18-11-7-5-8-12-18/h5-14,16-17,20H,15H2,1-4H3/t20-/m0/s1. The Kier molecular flexibility index (Phi) is 6.42. The number of rotatable bonds is 6. The second kappa shape index (κ2) is 8.53. The van der Waals surface area contributed by atoms with Crippen LogP contribution in [0.1, 0.15) is 44.9 Å². The fraction of sp³-hybridized carbons (Fsp3) is 0.381. The zero-order valence-corrected chi connectivity index (χ0v) is 15.0. The number of benzene rings is 2. The molecule has 0 saturated heterocycles. The molecule has 0 saturated carbocycles. The summed E-state index contributed by atoms with van der Waals surface area (Å²) in [6, 6.07) is 20.3. The van der Waals surface area contributed by atoms with Crippen LogP contribution >= 0.6 is 0 Å². The Morgan fingerprint density at radius 3 is 1.88 bits per heavy atom. The lowest BCUT2D eigenvalue weighted by molar-refractivity contribution is 0.0447. The van der Waals surface area contributed by atoms with Gasteiger partial charge in [0.05, 0.1) is 0 Å². The molecule has 1 atom stereocenters. The summed E-state index contributed by atoms with van der Waals surface area (Å²) in [5.74, 6) is 0. The molecule has 0 bridgehead atoms. The van der Waals surface area contributed by atoms with Crippen LogP contribution in [0.25, 0.3) is 0 Å². The number of hydrogen-bond donors (Lipinski definition) is 0. The lowest BCUT2D eigenvalue weighted by Gasteiger charge is -2.31. The molecule has 0 aliphatic heterocycles. The molecule has 3 nitrogen and oxygen atoms in total. The van der Waals surface area contributed by atoms with Gasteiger partial charge in [0.15, 0.2) is 0 Å². The van der Waals surface area contributed by atoms with Crippen LogP contribution in [0.15, 0.2) is 60.7 Å². The van der Waals surface area contributed by atoms with Gasteiger partial charge in [-0.25, -0.2) is 4.79 Å². The highest BCUT2D eigenvalue weighted by Gasteiger charge is 2.25. The summed E-state index contributed by atoms with van der Waals surface area (Å²) < 4.78 is 5.91. The SMILES string of the molecule is CC(C)N(C(=O)O[C@@H](Cc1ccccc1)c1ccccc1)C(C)C. The van der Waals surface area contributed by atoms with E-state index in [0.29, 0.717) is 6.42 Å². The summed E-state index contributed by atoms with van der Waals surface area (Å²) in [5, 5.41) is 0. The second-order valence-corrected chi connectivity index (χ2v) is 6.57. The number of ether oxygens (including phenoxy) is 1. The highest BCUT2D eigenvalue weighted by molar-refractivity contribution is 5.68. The average molecular weight is 325 g/mol. The van der Waals surface area contributed by atoms with E-state index >= 15 is 0 Å². The average Bonchev–Trinajstić information content (AvgIpc) is 2.55. The molecule has 0 unspecified atom stereocenters. The van der Waals surface area contributed by atoms with Crippen LogP contribution < -0.4 is 0 Å². The highest BCUT2D eigenvalue weighted by atomic mass is 16.6. The normalized spacial score (nSPS) is 12.2. The Bertz CT molecular complexity index is 615. The van der Waals surface area contributed by atoms with Crippen molar-refractivity contribution in [2.45, 2.75) is 52.3 Å². The molecule has 0 aliphatic rings. The third-order valence-corrected chi connectivity index (χ3v) is 4.00. The zero-order chi connectivity index (χ0) is 17.5. The molecule has 0 N–H and O–H groups in total. The van der Waals surface area contributed by atoms with Crippen molar-refractivity contribution < 1.29 is 9.53 Å². The van der Waals surface area contributed by atoms with Crippen LogP contribution in [0, 0.1) is 0 Å². The molecule has 0 spiro atoms. The molecule has 0 fully saturated rings. The van der Waals surface area contributed by atoms with Crippen molar-refractivity contribution in [1.29, 1.82) is 0 Å².